The van der Waals surface area contributed by atoms with Crippen LogP contribution in [0.4, 0.5) is 17.6 Å². The van der Waals surface area contributed by atoms with E-state index in [4.69, 9.17) is 0 Å². The number of halogens is 5. The van der Waals surface area contributed by atoms with Crippen molar-refractivity contribution in [2.75, 3.05) is 6.26 Å². The van der Waals surface area contributed by atoms with E-state index in [0.717, 1.165) is 40.8 Å². The Morgan fingerprint density at radius 2 is 1.96 bits per heavy atom. The largest absolute Gasteiger partial charge is 0.377 e. The lowest BCUT2D eigenvalue weighted by atomic mass is 9.84. The van der Waals surface area contributed by atoms with E-state index in [1.165, 1.54) is 6.07 Å². The first-order chi connectivity index (χ1) is 13.2. The van der Waals surface area contributed by atoms with Gasteiger partial charge >= 0.3 is 5.92 Å². The molecule has 0 saturated carbocycles. The van der Waals surface area contributed by atoms with E-state index in [2.05, 4.69) is 36.4 Å². The van der Waals surface area contributed by atoms with Crippen LogP contribution in [0.5, 0.6) is 0 Å². The second-order valence-electron chi connectivity index (χ2n) is 5.74. The molecule has 1 unspecified atom stereocenters. The van der Waals surface area contributed by atoms with Crippen LogP contribution in [0.3, 0.4) is 0 Å². The zero-order valence-corrected chi connectivity index (χ0v) is 16.6. The molecule has 0 spiro atoms. The standard InChI is InChI=1S/C16H12BrF4N5OS/c1-28-14-23-24-25-26(14)8-15(27,11-4-3-10(18)6-12(11)19)16(20,21)13-5-2-9(17)7-22-13/h2-7,27H,8H2,1H3. The molecule has 3 rings (SSSR count). The van der Waals surface area contributed by atoms with Crippen LogP contribution in [0.15, 0.2) is 46.2 Å². The second-order valence-corrected chi connectivity index (χ2v) is 7.43. The van der Waals surface area contributed by atoms with Gasteiger partial charge in [0.05, 0.1) is 6.54 Å². The lowest BCUT2D eigenvalue weighted by Crippen LogP contribution is -2.48. The zero-order valence-electron chi connectivity index (χ0n) is 14.2. The fraction of sp³-hybridized carbons (Fsp3) is 0.250. The van der Waals surface area contributed by atoms with E-state index in [9.17, 15) is 13.9 Å². The maximum atomic E-state index is 15.5. The quantitative estimate of drug-likeness (QED) is 0.432. The Labute approximate surface area is 169 Å². The summed E-state index contributed by atoms with van der Waals surface area (Å²) in [5.41, 5.74) is -4.78. The Kier molecular flexibility index (Phi) is 5.73. The SMILES string of the molecule is CSc1nnnn1CC(O)(c1ccc(F)cc1F)C(F)(F)c1ccc(Br)cn1. The Morgan fingerprint density at radius 1 is 1.21 bits per heavy atom. The minimum absolute atomic E-state index is 0.125. The summed E-state index contributed by atoms with van der Waals surface area (Å²) < 4.78 is 60.0. The van der Waals surface area contributed by atoms with Crippen LogP contribution >= 0.6 is 27.7 Å². The number of hydrogen-bond donors (Lipinski definition) is 1. The van der Waals surface area contributed by atoms with Gasteiger partial charge in [-0.1, -0.05) is 11.8 Å². The van der Waals surface area contributed by atoms with Crippen molar-refractivity contribution in [1.29, 1.82) is 0 Å². The molecule has 2 aromatic heterocycles. The Hall–Kier alpha value is -2.05. The topological polar surface area (TPSA) is 76.7 Å². The van der Waals surface area contributed by atoms with Crippen LogP contribution < -0.4 is 0 Å². The zero-order chi connectivity index (χ0) is 20.5. The van der Waals surface area contributed by atoms with Crippen molar-refractivity contribution in [3.63, 3.8) is 0 Å². The third-order valence-corrected chi connectivity index (χ3v) is 5.13. The third kappa shape index (κ3) is 3.63. The molecule has 0 aliphatic heterocycles. The van der Waals surface area contributed by atoms with E-state index in [0.29, 0.717) is 10.5 Å². The van der Waals surface area contributed by atoms with Crippen LogP contribution in [0.25, 0.3) is 0 Å². The van der Waals surface area contributed by atoms with Gasteiger partial charge in [-0.05, 0) is 56.9 Å². The first kappa shape index (κ1) is 20.7. The highest BCUT2D eigenvalue weighted by atomic mass is 79.9. The predicted molar refractivity (Wildman–Crippen MR) is 95.7 cm³/mol. The van der Waals surface area contributed by atoms with E-state index in [-0.39, 0.29) is 5.16 Å². The van der Waals surface area contributed by atoms with Crippen LogP contribution in [-0.2, 0) is 18.1 Å². The smallest absolute Gasteiger partial charge is 0.323 e. The van der Waals surface area contributed by atoms with E-state index >= 15 is 8.78 Å². The highest BCUT2D eigenvalue weighted by molar-refractivity contribution is 9.10. The summed E-state index contributed by atoms with van der Waals surface area (Å²) in [5, 5.41) is 21.8. The first-order valence-electron chi connectivity index (χ1n) is 7.67. The molecule has 3 aromatic rings. The lowest BCUT2D eigenvalue weighted by Gasteiger charge is -2.36. The van der Waals surface area contributed by atoms with Crippen molar-refractivity contribution >= 4 is 27.7 Å². The fourth-order valence-electron chi connectivity index (χ4n) is 2.61. The summed E-state index contributed by atoms with van der Waals surface area (Å²) in [5.74, 6) is -6.38. The van der Waals surface area contributed by atoms with Crippen LogP contribution in [0.2, 0.25) is 0 Å². The molecule has 148 valence electrons. The Balaban J connectivity index is 2.19. The van der Waals surface area contributed by atoms with Crippen molar-refractivity contribution in [3.8, 4) is 0 Å². The molecule has 1 N–H and O–H groups in total. The molecule has 0 fully saturated rings. The van der Waals surface area contributed by atoms with Crippen molar-refractivity contribution in [1.82, 2.24) is 25.2 Å². The van der Waals surface area contributed by atoms with Crippen molar-refractivity contribution in [2.45, 2.75) is 23.2 Å². The van der Waals surface area contributed by atoms with Gasteiger partial charge in [0.25, 0.3) is 0 Å². The summed E-state index contributed by atoms with van der Waals surface area (Å²) in [6.45, 7) is -0.899. The predicted octanol–water partition coefficient (Wildman–Crippen LogP) is 3.51. The summed E-state index contributed by atoms with van der Waals surface area (Å²) in [6, 6.07) is 4.26. The average Bonchev–Trinajstić information content (AvgIpc) is 3.08. The molecular formula is C16H12BrF4N5OS. The summed E-state index contributed by atoms with van der Waals surface area (Å²) in [7, 11) is 0. The molecule has 0 radical (unpaired) electrons. The molecule has 6 nitrogen and oxygen atoms in total. The van der Waals surface area contributed by atoms with E-state index < -0.39 is 41.0 Å². The average molecular weight is 478 g/mol. The molecule has 0 saturated heterocycles. The van der Waals surface area contributed by atoms with Gasteiger partial charge in [-0.3, -0.25) is 4.98 Å². The summed E-state index contributed by atoms with van der Waals surface area (Å²) in [6.07, 6.45) is 2.73. The van der Waals surface area contributed by atoms with Gasteiger partial charge in [-0.2, -0.15) is 8.78 Å². The van der Waals surface area contributed by atoms with Crippen LogP contribution in [0.1, 0.15) is 11.3 Å². The van der Waals surface area contributed by atoms with Gasteiger partial charge in [0.2, 0.25) is 5.16 Å². The first-order valence-corrected chi connectivity index (χ1v) is 9.68. The van der Waals surface area contributed by atoms with Crippen LogP contribution in [-0.4, -0.2) is 36.6 Å². The molecule has 1 aromatic carbocycles. The Morgan fingerprint density at radius 3 is 2.57 bits per heavy atom. The highest BCUT2D eigenvalue weighted by Gasteiger charge is 2.58. The van der Waals surface area contributed by atoms with Crippen molar-refractivity contribution in [3.05, 3.63) is 63.9 Å². The molecule has 2 heterocycles. The maximum Gasteiger partial charge on any atom is 0.323 e. The molecule has 0 aliphatic rings. The minimum atomic E-state index is -4.08. The highest BCUT2D eigenvalue weighted by Crippen LogP contribution is 2.47. The maximum absolute atomic E-state index is 15.5. The number of aliphatic hydroxyl groups is 1. The molecule has 1 atom stereocenters. The molecule has 0 bridgehead atoms. The number of tetrazole rings is 1. The van der Waals surface area contributed by atoms with E-state index in [1.54, 1.807) is 6.26 Å². The van der Waals surface area contributed by atoms with Gasteiger partial charge in [0.15, 0.2) is 5.60 Å². The number of alkyl halides is 2. The summed E-state index contributed by atoms with van der Waals surface area (Å²) >= 11 is 4.14. The molecule has 0 amide bonds. The van der Waals surface area contributed by atoms with Gasteiger partial charge in [-0.15, -0.1) is 5.10 Å². The normalized spacial score (nSPS) is 14.1. The van der Waals surface area contributed by atoms with Gasteiger partial charge in [0.1, 0.15) is 17.3 Å². The van der Waals surface area contributed by atoms with Crippen molar-refractivity contribution in [2.24, 2.45) is 0 Å². The van der Waals surface area contributed by atoms with Crippen LogP contribution in [0, 0.1) is 11.6 Å². The summed E-state index contributed by atoms with van der Waals surface area (Å²) in [4.78, 5) is 3.64. The number of nitrogens with zero attached hydrogens (tertiary/aromatic N) is 5. The number of thioether (sulfide) groups is 1. The van der Waals surface area contributed by atoms with Crippen molar-refractivity contribution < 1.29 is 22.7 Å². The molecule has 28 heavy (non-hydrogen) atoms. The number of rotatable bonds is 6. The monoisotopic (exact) mass is 477 g/mol. The fourth-order valence-corrected chi connectivity index (χ4v) is 3.28. The molecule has 0 aliphatic carbocycles. The van der Waals surface area contributed by atoms with Gasteiger partial charge in [0, 0.05) is 22.3 Å². The third-order valence-electron chi connectivity index (χ3n) is 4.01. The lowest BCUT2D eigenvalue weighted by molar-refractivity contribution is -0.208. The Bertz CT molecular complexity index is 987. The number of aromatic nitrogens is 5. The number of hydrogen-bond acceptors (Lipinski definition) is 6. The molecular weight excluding hydrogens is 466 g/mol. The second kappa shape index (κ2) is 7.76. The minimum Gasteiger partial charge on any atom is -0.377 e. The van der Waals surface area contributed by atoms with Gasteiger partial charge < -0.3 is 5.11 Å². The van der Waals surface area contributed by atoms with E-state index in [1.807, 2.05) is 0 Å². The number of pyridine rings is 1. The number of benzene rings is 1. The van der Waals surface area contributed by atoms with Gasteiger partial charge in [-0.25, -0.2) is 13.5 Å². The molecule has 12 heteroatoms.